The topological polar surface area (TPSA) is 97.2 Å². The second kappa shape index (κ2) is 10.8. The lowest BCUT2D eigenvalue weighted by Crippen LogP contribution is -2.35. The molecule has 2 heterocycles. The molecular weight excluding hydrogens is 428 g/mol. The number of pyridine rings is 1. The molecule has 0 spiro atoms. The molecule has 2 aromatic rings. The SMILES string of the molecule is CC(C)(C)c1ccnc(NC(CCOC2CC(CCc3ccc4c(n3)CCCC4)C2)C(=O)O)n1. The maximum atomic E-state index is 11.7. The van der Waals surface area contributed by atoms with Crippen LogP contribution in [0.1, 0.15) is 81.9 Å². The number of carbonyl (C=O) groups is 1. The zero-order valence-electron chi connectivity index (χ0n) is 20.7. The predicted molar refractivity (Wildman–Crippen MR) is 132 cm³/mol. The fourth-order valence-electron chi connectivity index (χ4n) is 4.78. The van der Waals surface area contributed by atoms with E-state index in [1.165, 1.54) is 36.2 Å². The fraction of sp³-hybridized carbons (Fsp3) is 0.630. The van der Waals surface area contributed by atoms with Crippen LogP contribution in [0.25, 0.3) is 0 Å². The number of aryl methyl sites for hydroxylation is 3. The number of ether oxygens (including phenoxy) is 1. The minimum atomic E-state index is -0.919. The number of aromatic nitrogens is 3. The van der Waals surface area contributed by atoms with Gasteiger partial charge in [0.25, 0.3) is 0 Å². The molecule has 0 amide bonds. The molecule has 0 aromatic carbocycles. The molecule has 7 heteroatoms. The predicted octanol–water partition coefficient (Wildman–Crippen LogP) is 4.73. The third-order valence-corrected chi connectivity index (χ3v) is 7.02. The first-order valence-corrected chi connectivity index (χ1v) is 12.7. The molecule has 1 unspecified atom stereocenters. The van der Waals surface area contributed by atoms with Crippen molar-refractivity contribution < 1.29 is 14.6 Å². The summed E-state index contributed by atoms with van der Waals surface area (Å²) in [6.07, 6.45) is 11.4. The molecule has 0 aliphatic heterocycles. The van der Waals surface area contributed by atoms with Crippen LogP contribution < -0.4 is 5.32 Å². The maximum absolute atomic E-state index is 11.7. The molecule has 7 nitrogen and oxygen atoms in total. The second-order valence-electron chi connectivity index (χ2n) is 10.8. The molecule has 184 valence electrons. The number of hydrogen-bond acceptors (Lipinski definition) is 6. The summed E-state index contributed by atoms with van der Waals surface area (Å²) in [5.41, 5.74) is 4.72. The molecule has 1 saturated carbocycles. The van der Waals surface area contributed by atoms with Crippen molar-refractivity contribution >= 4 is 11.9 Å². The smallest absolute Gasteiger partial charge is 0.326 e. The van der Waals surface area contributed by atoms with E-state index in [-0.39, 0.29) is 11.5 Å². The number of aliphatic carboxylic acids is 1. The summed E-state index contributed by atoms with van der Waals surface area (Å²) in [5.74, 6) is 0.0986. The van der Waals surface area contributed by atoms with Gasteiger partial charge in [0.05, 0.1) is 11.8 Å². The first-order valence-electron chi connectivity index (χ1n) is 12.7. The normalized spacial score (nSPS) is 20.8. The van der Waals surface area contributed by atoms with E-state index >= 15 is 0 Å². The van der Waals surface area contributed by atoms with Crippen molar-refractivity contribution in [2.24, 2.45) is 5.92 Å². The molecule has 1 atom stereocenters. The number of nitrogens with zero attached hydrogens (tertiary/aromatic N) is 3. The highest BCUT2D eigenvalue weighted by Gasteiger charge is 2.30. The molecule has 2 aliphatic carbocycles. The quantitative estimate of drug-likeness (QED) is 0.522. The molecule has 4 rings (SSSR count). The van der Waals surface area contributed by atoms with E-state index in [2.05, 4.69) is 48.2 Å². The van der Waals surface area contributed by atoms with Crippen LogP contribution in [0.4, 0.5) is 5.95 Å². The molecule has 2 N–H and O–H groups in total. The van der Waals surface area contributed by atoms with Crippen LogP contribution in [0.3, 0.4) is 0 Å². The number of carboxylic acid groups (broad SMARTS) is 1. The van der Waals surface area contributed by atoms with Crippen molar-refractivity contribution in [3.63, 3.8) is 0 Å². The molecule has 34 heavy (non-hydrogen) atoms. The Balaban J connectivity index is 1.16. The molecule has 1 fully saturated rings. The lowest BCUT2D eigenvalue weighted by molar-refractivity contribution is -0.138. The Morgan fingerprint density at radius 3 is 2.74 bits per heavy atom. The maximum Gasteiger partial charge on any atom is 0.326 e. The third-order valence-electron chi connectivity index (χ3n) is 7.02. The summed E-state index contributed by atoms with van der Waals surface area (Å²) >= 11 is 0. The number of rotatable bonds is 10. The second-order valence-corrected chi connectivity index (χ2v) is 10.8. The molecule has 2 aliphatic rings. The Kier molecular flexibility index (Phi) is 7.81. The van der Waals surface area contributed by atoms with Gasteiger partial charge < -0.3 is 15.2 Å². The molecule has 2 aromatic heterocycles. The molecule has 0 radical (unpaired) electrons. The average molecular weight is 467 g/mol. The molecular formula is C27H38N4O3. The van der Waals surface area contributed by atoms with Crippen LogP contribution in [0.15, 0.2) is 24.4 Å². The van der Waals surface area contributed by atoms with Gasteiger partial charge in [0.1, 0.15) is 6.04 Å². The molecule has 0 bridgehead atoms. The summed E-state index contributed by atoms with van der Waals surface area (Å²) < 4.78 is 5.97. The number of carboxylic acids is 1. The van der Waals surface area contributed by atoms with Crippen LogP contribution >= 0.6 is 0 Å². The Hall–Kier alpha value is -2.54. The van der Waals surface area contributed by atoms with Gasteiger partial charge in [-0.05, 0) is 75.0 Å². The lowest BCUT2D eigenvalue weighted by Gasteiger charge is -2.35. The van der Waals surface area contributed by atoms with E-state index in [1.54, 1.807) is 6.20 Å². The van der Waals surface area contributed by atoms with Crippen LogP contribution in [0, 0.1) is 5.92 Å². The summed E-state index contributed by atoms with van der Waals surface area (Å²) in [7, 11) is 0. The largest absolute Gasteiger partial charge is 0.480 e. The van der Waals surface area contributed by atoms with E-state index in [1.807, 2.05) is 6.07 Å². The van der Waals surface area contributed by atoms with Gasteiger partial charge in [-0.25, -0.2) is 14.8 Å². The van der Waals surface area contributed by atoms with E-state index in [4.69, 9.17) is 9.72 Å². The Labute approximate surface area is 202 Å². The highest BCUT2D eigenvalue weighted by atomic mass is 16.5. The van der Waals surface area contributed by atoms with Crippen LogP contribution in [-0.4, -0.2) is 44.8 Å². The number of anilines is 1. The minimum absolute atomic E-state index is 0.127. The minimum Gasteiger partial charge on any atom is -0.480 e. The third kappa shape index (κ3) is 6.53. The Morgan fingerprint density at radius 1 is 1.18 bits per heavy atom. The van der Waals surface area contributed by atoms with Crippen molar-refractivity contribution in [3.05, 3.63) is 47.0 Å². The Morgan fingerprint density at radius 2 is 1.97 bits per heavy atom. The van der Waals surface area contributed by atoms with Crippen molar-refractivity contribution in [1.29, 1.82) is 0 Å². The van der Waals surface area contributed by atoms with E-state index < -0.39 is 12.0 Å². The molecule has 0 saturated heterocycles. The summed E-state index contributed by atoms with van der Waals surface area (Å²) in [6.45, 7) is 6.61. The van der Waals surface area contributed by atoms with Crippen LogP contribution in [-0.2, 0) is 34.2 Å². The van der Waals surface area contributed by atoms with Gasteiger partial charge in [-0.1, -0.05) is 26.8 Å². The van der Waals surface area contributed by atoms with E-state index in [9.17, 15) is 9.90 Å². The first-order chi connectivity index (χ1) is 16.3. The zero-order valence-corrected chi connectivity index (χ0v) is 20.7. The van der Waals surface area contributed by atoms with Crippen molar-refractivity contribution in [3.8, 4) is 0 Å². The Bertz CT molecular complexity index is 982. The monoisotopic (exact) mass is 466 g/mol. The van der Waals surface area contributed by atoms with Gasteiger partial charge in [-0.2, -0.15) is 0 Å². The average Bonchev–Trinajstić information content (AvgIpc) is 2.78. The summed E-state index contributed by atoms with van der Waals surface area (Å²) in [5, 5.41) is 12.6. The van der Waals surface area contributed by atoms with Crippen molar-refractivity contribution in [2.45, 2.75) is 96.1 Å². The van der Waals surface area contributed by atoms with Gasteiger partial charge in [-0.15, -0.1) is 0 Å². The summed E-state index contributed by atoms with van der Waals surface area (Å²) in [6, 6.07) is 5.57. The highest BCUT2D eigenvalue weighted by molar-refractivity contribution is 5.76. The summed E-state index contributed by atoms with van der Waals surface area (Å²) in [4.78, 5) is 25.3. The number of hydrogen-bond donors (Lipinski definition) is 2. The van der Waals surface area contributed by atoms with Gasteiger partial charge in [0, 0.05) is 36.0 Å². The van der Waals surface area contributed by atoms with Crippen molar-refractivity contribution in [2.75, 3.05) is 11.9 Å². The zero-order chi connectivity index (χ0) is 24.1. The highest BCUT2D eigenvalue weighted by Crippen LogP contribution is 2.34. The van der Waals surface area contributed by atoms with Crippen LogP contribution in [0.5, 0.6) is 0 Å². The standard InChI is InChI=1S/C27H38N4O3/c1-27(2,3)24-12-14-28-26(31-24)30-23(25(32)33)13-15-34-21-16-18(17-21)8-10-20-11-9-19-6-4-5-7-22(19)29-20/h9,11-12,14,18,21,23H,4-8,10,13,15-17H2,1-3H3,(H,32,33)(H,28,30,31). The number of fused-ring (bicyclic) bond motifs is 1. The van der Waals surface area contributed by atoms with E-state index in [0.717, 1.165) is 37.8 Å². The fourth-order valence-corrected chi connectivity index (χ4v) is 4.78. The lowest BCUT2D eigenvalue weighted by atomic mass is 9.79. The van der Waals surface area contributed by atoms with Gasteiger partial charge in [0.2, 0.25) is 5.95 Å². The van der Waals surface area contributed by atoms with E-state index in [0.29, 0.717) is 24.9 Å². The van der Waals surface area contributed by atoms with Crippen LogP contribution in [0.2, 0.25) is 0 Å². The van der Waals surface area contributed by atoms with Gasteiger partial charge in [-0.3, -0.25) is 4.98 Å². The first kappa shape index (κ1) is 24.6. The van der Waals surface area contributed by atoms with Crippen molar-refractivity contribution in [1.82, 2.24) is 15.0 Å². The number of nitrogens with one attached hydrogen (secondary N) is 1. The van der Waals surface area contributed by atoms with Gasteiger partial charge in [0.15, 0.2) is 0 Å². The van der Waals surface area contributed by atoms with Gasteiger partial charge >= 0.3 is 5.97 Å².